The number of amides is 2. The molecule has 1 aliphatic heterocycles. The summed E-state index contributed by atoms with van der Waals surface area (Å²) < 4.78 is 16.1. The van der Waals surface area contributed by atoms with Gasteiger partial charge in [-0.15, -0.1) is 10.2 Å². The number of piperidine rings is 1. The Kier molecular flexibility index (Phi) is 7.42. The van der Waals surface area contributed by atoms with Crippen LogP contribution in [0.2, 0.25) is 0 Å². The second kappa shape index (κ2) is 10.0. The predicted molar refractivity (Wildman–Crippen MR) is 116 cm³/mol. The zero-order valence-electron chi connectivity index (χ0n) is 18.2. The number of alkyl carbamates (subject to hydrolysis) is 1. The number of benzene rings is 1. The minimum atomic E-state index is -0.528. The minimum absolute atomic E-state index is 0.00455. The molecule has 3 rings (SSSR count). The van der Waals surface area contributed by atoms with Crippen molar-refractivity contribution in [2.45, 2.75) is 50.5 Å². The van der Waals surface area contributed by atoms with Crippen LogP contribution in [0.3, 0.4) is 0 Å². The number of thioether (sulfide) groups is 1. The highest BCUT2D eigenvalue weighted by Gasteiger charge is 2.26. The fourth-order valence-corrected chi connectivity index (χ4v) is 3.75. The van der Waals surface area contributed by atoms with Crippen LogP contribution in [0, 0.1) is 0 Å². The lowest BCUT2D eigenvalue weighted by atomic mass is 10.1. The number of methoxy groups -OCH3 is 1. The summed E-state index contributed by atoms with van der Waals surface area (Å²) in [6, 6.07) is 7.31. The van der Waals surface area contributed by atoms with Gasteiger partial charge in [0, 0.05) is 24.7 Å². The summed E-state index contributed by atoms with van der Waals surface area (Å²) in [6.07, 6.45) is 0.965. The lowest BCUT2D eigenvalue weighted by molar-refractivity contribution is -0.129. The van der Waals surface area contributed by atoms with Crippen LogP contribution in [0.15, 0.2) is 33.9 Å². The first-order chi connectivity index (χ1) is 14.7. The molecule has 2 amide bonds. The Morgan fingerprint density at radius 3 is 2.48 bits per heavy atom. The molecule has 0 unspecified atom stereocenters. The van der Waals surface area contributed by atoms with Crippen molar-refractivity contribution in [1.29, 1.82) is 0 Å². The largest absolute Gasteiger partial charge is 0.497 e. The predicted octanol–water partition coefficient (Wildman–Crippen LogP) is 3.35. The number of carbonyl (C=O) groups is 2. The number of ether oxygens (including phenoxy) is 2. The molecule has 168 valence electrons. The molecule has 0 atom stereocenters. The highest BCUT2D eigenvalue weighted by molar-refractivity contribution is 7.99. The molecule has 0 saturated carbocycles. The quantitative estimate of drug-likeness (QED) is 0.671. The van der Waals surface area contributed by atoms with E-state index in [0.29, 0.717) is 37.0 Å². The van der Waals surface area contributed by atoms with Gasteiger partial charge in [-0.05, 0) is 57.9 Å². The molecule has 2 heterocycles. The van der Waals surface area contributed by atoms with Crippen molar-refractivity contribution in [3.63, 3.8) is 0 Å². The second-order valence-corrected chi connectivity index (χ2v) is 9.12. The van der Waals surface area contributed by atoms with E-state index in [1.165, 1.54) is 11.8 Å². The van der Waals surface area contributed by atoms with E-state index >= 15 is 0 Å². The zero-order chi connectivity index (χ0) is 22.4. The Morgan fingerprint density at radius 1 is 1.19 bits per heavy atom. The molecule has 0 aliphatic carbocycles. The van der Waals surface area contributed by atoms with Crippen LogP contribution in [-0.2, 0) is 9.53 Å². The molecule has 31 heavy (non-hydrogen) atoms. The summed E-state index contributed by atoms with van der Waals surface area (Å²) in [6.45, 7) is 6.65. The molecule has 1 fully saturated rings. The van der Waals surface area contributed by atoms with Crippen molar-refractivity contribution < 1.29 is 23.5 Å². The maximum atomic E-state index is 12.5. The molecular weight excluding hydrogens is 420 g/mol. The highest BCUT2D eigenvalue weighted by atomic mass is 32.2. The number of nitrogens with zero attached hydrogens (tertiary/aromatic N) is 3. The summed E-state index contributed by atoms with van der Waals surface area (Å²) in [5, 5.41) is 11.3. The number of nitrogens with one attached hydrogen (secondary N) is 1. The van der Waals surface area contributed by atoms with E-state index in [0.717, 1.165) is 11.3 Å². The van der Waals surface area contributed by atoms with Gasteiger partial charge in [-0.3, -0.25) is 4.79 Å². The average molecular weight is 449 g/mol. The van der Waals surface area contributed by atoms with Gasteiger partial charge >= 0.3 is 6.09 Å². The third-order valence-electron chi connectivity index (χ3n) is 4.63. The van der Waals surface area contributed by atoms with Gasteiger partial charge in [0.15, 0.2) is 0 Å². The van der Waals surface area contributed by atoms with E-state index < -0.39 is 11.7 Å². The Balaban J connectivity index is 1.42. The number of likely N-dealkylation sites (tertiary alicyclic amines) is 1. The van der Waals surface area contributed by atoms with Crippen LogP contribution in [0.25, 0.3) is 11.5 Å². The van der Waals surface area contributed by atoms with Gasteiger partial charge in [0.25, 0.3) is 5.22 Å². The average Bonchev–Trinajstić information content (AvgIpc) is 3.20. The van der Waals surface area contributed by atoms with Crippen LogP contribution in [0.4, 0.5) is 4.79 Å². The van der Waals surface area contributed by atoms with Crippen LogP contribution in [0.5, 0.6) is 5.75 Å². The van der Waals surface area contributed by atoms with Crippen molar-refractivity contribution >= 4 is 23.8 Å². The molecule has 2 aromatic rings. The SMILES string of the molecule is COc1ccc(-c2nnc(SCC(=O)N3CCC(NC(=O)OC(C)(C)C)CC3)o2)cc1. The first-order valence-corrected chi connectivity index (χ1v) is 11.1. The van der Waals surface area contributed by atoms with E-state index in [2.05, 4.69) is 15.5 Å². The Labute approximate surface area is 185 Å². The molecule has 1 aromatic carbocycles. The van der Waals surface area contributed by atoms with Crippen molar-refractivity contribution in [2.75, 3.05) is 26.0 Å². The fraction of sp³-hybridized carbons (Fsp3) is 0.524. The van der Waals surface area contributed by atoms with Crippen molar-refractivity contribution in [3.05, 3.63) is 24.3 Å². The number of hydrogen-bond donors (Lipinski definition) is 1. The van der Waals surface area contributed by atoms with E-state index in [-0.39, 0.29) is 17.7 Å². The van der Waals surface area contributed by atoms with E-state index in [9.17, 15) is 9.59 Å². The molecule has 10 heteroatoms. The monoisotopic (exact) mass is 448 g/mol. The zero-order valence-corrected chi connectivity index (χ0v) is 19.0. The molecule has 1 aromatic heterocycles. The van der Waals surface area contributed by atoms with E-state index in [4.69, 9.17) is 13.9 Å². The summed E-state index contributed by atoms with van der Waals surface area (Å²) in [4.78, 5) is 26.2. The third-order valence-corrected chi connectivity index (χ3v) is 5.43. The fourth-order valence-electron chi connectivity index (χ4n) is 3.08. The van der Waals surface area contributed by atoms with Crippen LogP contribution >= 0.6 is 11.8 Å². The molecule has 1 N–H and O–H groups in total. The Morgan fingerprint density at radius 2 is 1.87 bits per heavy atom. The maximum Gasteiger partial charge on any atom is 0.407 e. The molecule has 0 radical (unpaired) electrons. The number of hydrogen-bond acceptors (Lipinski definition) is 8. The highest BCUT2D eigenvalue weighted by Crippen LogP contribution is 2.25. The molecular formula is C21H28N4O5S. The van der Waals surface area contributed by atoms with Crippen molar-refractivity contribution in [1.82, 2.24) is 20.4 Å². The number of carbonyl (C=O) groups excluding carboxylic acids is 2. The topological polar surface area (TPSA) is 107 Å². The van der Waals surface area contributed by atoms with E-state index in [1.807, 2.05) is 45.0 Å². The lowest BCUT2D eigenvalue weighted by Gasteiger charge is -2.32. The van der Waals surface area contributed by atoms with Crippen molar-refractivity contribution in [3.8, 4) is 17.2 Å². The molecule has 0 spiro atoms. The molecule has 9 nitrogen and oxygen atoms in total. The van der Waals surface area contributed by atoms with Crippen molar-refractivity contribution in [2.24, 2.45) is 0 Å². The van der Waals surface area contributed by atoms with Crippen LogP contribution in [-0.4, -0.2) is 64.7 Å². The van der Waals surface area contributed by atoms with Gasteiger partial charge in [-0.2, -0.15) is 0 Å². The maximum absolute atomic E-state index is 12.5. The van der Waals surface area contributed by atoms with Gasteiger partial charge in [0.2, 0.25) is 11.8 Å². The van der Waals surface area contributed by atoms with Gasteiger partial charge in [0.1, 0.15) is 11.4 Å². The Hall–Kier alpha value is -2.75. The minimum Gasteiger partial charge on any atom is -0.497 e. The van der Waals surface area contributed by atoms with Gasteiger partial charge < -0.3 is 24.1 Å². The smallest absolute Gasteiger partial charge is 0.407 e. The summed E-state index contributed by atoms with van der Waals surface area (Å²) in [7, 11) is 1.60. The van der Waals surface area contributed by atoms with Gasteiger partial charge in [0.05, 0.1) is 12.9 Å². The molecule has 0 bridgehead atoms. The lowest BCUT2D eigenvalue weighted by Crippen LogP contribution is -2.48. The number of aromatic nitrogens is 2. The number of rotatable bonds is 6. The standard InChI is InChI=1S/C21H28N4O5S/c1-21(2,3)30-19(27)22-15-9-11-25(12-10-15)17(26)13-31-20-24-23-18(29-20)14-5-7-16(28-4)8-6-14/h5-8,15H,9-13H2,1-4H3,(H,22,27). The van der Waals surface area contributed by atoms with E-state index in [1.54, 1.807) is 12.0 Å². The molecule has 1 aliphatic rings. The molecule has 1 saturated heterocycles. The summed E-state index contributed by atoms with van der Waals surface area (Å²) in [5.41, 5.74) is 0.256. The normalized spacial score (nSPS) is 14.9. The van der Waals surface area contributed by atoms with Gasteiger partial charge in [-0.1, -0.05) is 11.8 Å². The Bertz CT molecular complexity index is 886. The van der Waals surface area contributed by atoms with Crippen LogP contribution in [0.1, 0.15) is 33.6 Å². The summed E-state index contributed by atoms with van der Waals surface area (Å²) >= 11 is 1.22. The van der Waals surface area contributed by atoms with Gasteiger partial charge in [-0.25, -0.2) is 4.79 Å². The second-order valence-electron chi connectivity index (χ2n) is 8.19. The van der Waals surface area contributed by atoms with Crippen LogP contribution < -0.4 is 10.1 Å². The summed E-state index contributed by atoms with van der Waals surface area (Å²) in [5.74, 6) is 1.36. The first-order valence-electron chi connectivity index (χ1n) is 10.1. The first kappa shape index (κ1) is 22.9. The third kappa shape index (κ3) is 6.88.